The monoisotopic (exact) mass is 444 g/mol. The minimum atomic E-state index is -1.04. The maximum atomic E-state index is 11.0. The summed E-state index contributed by atoms with van der Waals surface area (Å²) in [6.07, 6.45) is 3.67. The summed E-state index contributed by atoms with van der Waals surface area (Å²) in [4.78, 5) is 17.5. The Morgan fingerprint density at radius 3 is 2.90 bits per heavy atom. The zero-order valence-corrected chi connectivity index (χ0v) is 17.9. The van der Waals surface area contributed by atoms with Gasteiger partial charge in [-0.25, -0.2) is 4.98 Å². The van der Waals surface area contributed by atoms with Crippen molar-refractivity contribution in [1.82, 2.24) is 14.5 Å². The Bertz CT molecular complexity index is 1100. The van der Waals surface area contributed by atoms with Crippen molar-refractivity contribution in [1.29, 1.82) is 0 Å². The number of fused-ring (bicyclic) bond motifs is 1. The molecule has 30 heavy (non-hydrogen) atoms. The summed E-state index contributed by atoms with van der Waals surface area (Å²) in [6.45, 7) is 1.64. The number of hydrogen-bond donors (Lipinski definition) is 2. The van der Waals surface area contributed by atoms with Gasteiger partial charge in [0.05, 0.1) is 12.0 Å². The van der Waals surface area contributed by atoms with E-state index in [2.05, 4.69) is 29.1 Å². The molecule has 0 amide bonds. The van der Waals surface area contributed by atoms with Gasteiger partial charge in [0.1, 0.15) is 6.04 Å². The second-order valence-corrected chi connectivity index (χ2v) is 8.56. The molecule has 0 saturated heterocycles. The summed E-state index contributed by atoms with van der Waals surface area (Å²) >= 11 is 12.8. The van der Waals surface area contributed by atoms with Gasteiger partial charge in [-0.2, -0.15) is 0 Å². The van der Waals surface area contributed by atoms with Crippen LogP contribution in [-0.4, -0.2) is 45.2 Å². The van der Waals surface area contributed by atoms with E-state index in [1.165, 1.54) is 0 Å². The molecule has 4 rings (SSSR count). The second kappa shape index (κ2) is 8.40. The first-order valence-corrected chi connectivity index (χ1v) is 10.4. The van der Waals surface area contributed by atoms with Gasteiger partial charge in [-0.3, -0.25) is 4.79 Å². The Morgan fingerprint density at radius 2 is 2.13 bits per heavy atom. The van der Waals surface area contributed by atoms with Crippen LogP contribution in [-0.2, 0) is 17.8 Å². The minimum Gasteiger partial charge on any atom is -0.480 e. The first kappa shape index (κ1) is 20.9. The van der Waals surface area contributed by atoms with E-state index in [4.69, 9.17) is 34.0 Å². The van der Waals surface area contributed by atoms with Crippen molar-refractivity contribution in [2.75, 3.05) is 13.6 Å². The van der Waals surface area contributed by atoms with Crippen molar-refractivity contribution in [3.05, 3.63) is 81.4 Å². The van der Waals surface area contributed by atoms with E-state index < -0.39 is 12.0 Å². The zero-order valence-electron chi connectivity index (χ0n) is 16.4. The summed E-state index contributed by atoms with van der Waals surface area (Å²) in [5.74, 6) is -0.901. The first-order valence-electron chi connectivity index (χ1n) is 9.59. The maximum Gasteiger partial charge on any atom is 0.320 e. The third-order valence-electron chi connectivity index (χ3n) is 5.45. The van der Waals surface area contributed by atoms with Crippen LogP contribution in [0.3, 0.4) is 0 Å². The van der Waals surface area contributed by atoms with Gasteiger partial charge in [0.15, 0.2) is 0 Å². The van der Waals surface area contributed by atoms with Crippen molar-refractivity contribution >= 4 is 29.2 Å². The molecule has 3 N–H and O–H groups in total. The average Bonchev–Trinajstić information content (AvgIpc) is 3.16. The smallest absolute Gasteiger partial charge is 0.320 e. The second-order valence-electron chi connectivity index (χ2n) is 7.72. The van der Waals surface area contributed by atoms with Crippen molar-refractivity contribution in [2.45, 2.75) is 24.9 Å². The fraction of sp³-hybridized carbons (Fsp3) is 0.273. The molecule has 3 aromatic rings. The summed E-state index contributed by atoms with van der Waals surface area (Å²) in [7, 11) is 2.08. The van der Waals surface area contributed by atoms with Crippen LogP contribution >= 0.6 is 23.2 Å². The summed E-state index contributed by atoms with van der Waals surface area (Å²) < 4.78 is 1.88. The third kappa shape index (κ3) is 4.23. The molecule has 1 aliphatic rings. The van der Waals surface area contributed by atoms with Crippen LogP contribution < -0.4 is 5.73 Å². The lowest BCUT2D eigenvalue weighted by molar-refractivity contribution is -0.138. The summed E-state index contributed by atoms with van der Waals surface area (Å²) in [6, 6.07) is 11.1. The maximum absolute atomic E-state index is 11.0. The molecule has 0 fully saturated rings. The molecule has 1 aliphatic heterocycles. The number of carboxylic acid groups (broad SMARTS) is 1. The SMILES string of the molecule is CN1Cc2c(Cl)cc(Cl)cc2C(c2cccc(-n3cnc(C[C@H](N)C(=O)O)c3)c2)C1. The molecule has 1 unspecified atom stereocenters. The fourth-order valence-corrected chi connectivity index (χ4v) is 4.52. The van der Waals surface area contributed by atoms with Gasteiger partial charge in [-0.05, 0) is 48.0 Å². The Morgan fingerprint density at radius 1 is 1.33 bits per heavy atom. The predicted octanol–water partition coefficient (Wildman–Crippen LogP) is 3.71. The summed E-state index contributed by atoms with van der Waals surface area (Å²) in [5.41, 5.74) is 10.6. The molecule has 1 aromatic heterocycles. The van der Waals surface area contributed by atoms with E-state index >= 15 is 0 Å². The number of carboxylic acids is 1. The van der Waals surface area contributed by atoms with Crippen molar-refractivity contribution < 1.29 is 9.90 Å². The van der Waals surface area contributed by atoms with Gasteiger partial charge in [-0.1, -0.05) is 35.3 Å². The van der Waals surface area contributed by atoms with Crippen LogP contribution in [0.2, 0.25) is 10.0 Å². The minimum absolute atomic E-state index is 0.137. The number of nitrogens with zero attached hydrogens (tertiary/aromatic N) is 3. The van der Waals surface area contributed by atoms with Gasteiger partial charge in [0.2, 0.25) is 0 Å². The molecule has 8 heteroatoms. The Hall–Kier alpha value is -2.38. The quantitative estimate of drug-likeness (QED) is 0.626. The van der Waals surface area contributed by atoms with Crippen LogP contribution in [0.1, 0.15) is 28.3 Å². The molecule has 156 valence electrons. The number of rotatable bonds is 5. The topological polar surface area (TPSA) is 84.4 Å². The number of imidazole rings is 1. The molecule has 0 aliphatic carbocycles. The Kier molecular flexibility index (Phi) is 5.84. The van der Waals surface area contributed by atoms with E-state index in [1.807, 2.05) is 29.0 Å². The van der Waals surface area contributed by atoms with E-state index in [-0.39, 0.29) is 12.3 Å². The molecule has 6 nitrogen and oxygen atoms in total. The third-order valence-corrected chi connectivity index (χ3v) is 6.00. The van der Waals surface area contributed by atoms with Crippen LogP contribution in [0.25, 0.3) is 5.69 Å². The van der Waals surface area contributed by atoms with E-state index in [0.717, 1.165) is 35.5 Å². The van der Waals surface area contributed by atoms with Crippen molar-refractivity contribution in [2.24, 2.45) is 5.73 Å². The van der Waals surface area contributed by atoms with Crippen molar-refractivity contribution in [3.8, 4) is 5.69 Å². The molecule has 2 aromatic carbocycles. The van der Waals surface area contributed by atoms with Crippen LogP contribution in [0.15, 0.2) is 48.9 Å². The highest BCUT2D eigenvalue weighted by molar-refractivity contribution is 6.35. The molecular formula is C22H22Cl2N4O2. The van der Waals surface area contributed by atoms with Crippen LogP contribution in [0.4, 0.5) is 0 Å². The lowest BCUT2D eigenvalue weighted by atomic mass is 9.84. The largest absolute Gasteiger partial charge is 0.480 e. The molecule has 0 saturated carbocycles. The molecular weight excluding hydrogens is 423 g/mol. The van der Waals surface area contributed by atoms with E-state index in [1.54, 1.807) is 12.4 Å². The number of halogens is 2. The van der Waals surface area contributed by atoms with Gasteiger partial charge in [-0.15, -0.1) is 0 Å². The molecule has 2 atom stereocenters. The van der Waals surface area contributed by atoms with E-state index in [0.29, 0.717) is 15.7 Å². The average molecular weight is 445 g/mol. The number of hydrogen-bond acceptors (Lipinski definition) is 4. The molecule has 0 bridgehead atoms. The summed E-state index contributed by atoms with van der Waals surface area (Å²) in [5, 5.41) is 10.3. The number of aliphatic carboxylic acids is 1. The first-order chi connectivity index (χ1) is 14.3. The van der Waals surface area contributed by atoms with Gasteiger partial charge in [0, 0.05) is 47.4 Å². The fourth-order valence-electron chi connectivity index (χ4n) is 3.96. The number of carbonyl (C=O) groups is 1. The standard InChI is InChI=1S/C22H22Cl2N4O2/c1-27-10-18(17-6-14(23)7-20(24)19(17)11-27)13-3-2-4-16(5-13)28-9-15(26-12-28)8-21(25)22(29)30/h2-7,9,12,18,21H,8,10-11,25H2,1H3,(H,29,30)/t18?,21-/m0/s1. The number of aromatic nitrogens is 2. The predicted molar refractivity (Wildman–Crippen MR) is 118 cm³/mol. The highest BCUT2D eigenvalue weighted by Gasteiger charge is 2.27. The number of likely N-dealkylation sites (N-methyl/N-ethyl adjacent to an activating group) is 1. The lowest BCUT2D eigenvalue weighted by Gasteiger charge is -2.33. The Balaban J connectivity index is 1.67. The van der Waals surface area contributed by atoms with Crippen LogP contribution in [0.5, 0.6) is 0 Å². The number of nitrogens with two attached hydrogens (primary N) is 1. The highest BCUT2D eigenvalue weighted by Crippen LogP contribution is 2.38. The zero-order chi connectivity index (χ0) is 21.4. The van der Waals surface area contributed by atoms with E-state index in [9.17, 15) is 4.79 Å². The number of benzene rings is 2. The Labute approximate surface area is 184 Å². The molecule has 0 radical (unpaired) electrons. The molecule has 0 spiro atoms. The lowest BCUT2D eigenvalue weighted by Crippen LogP contribution is -2.32. The van der Waals surface area contributed by atoms with Crippen LogP contribution in [0, 0.1) is 0 Å². The van der Waals surface area contributed by atoms with Gasteiger partial charge < -0.3 is 20.3 Å². The van der Waals surface area contributed by atoms with Gasteiger partial charge in [0.25, 0.3) is 0 Å². The normalized spacial score (nSPS) is 17.5. The van der Waals surface area contributed by atoms with Crippen molar-refractivity contribution in [3.63, 3.8) is 0 Å². The van der Waals surface area contributed by atoms with Gasteiger partial charge >= 0.3 is 5.97 Å². The molecule has 2 heterocycles. The highest BCUT2D eigenvalue weighted by atomic mass is 35.5.